The van der Waals surface area contributed by atoms with Gasteiger partial charge in [-0.25, -0.2) is 0 Å². The molecule has 0 spiro atoms. The van der Waals surface area contributed by atoms with Crippen molar-refractivity contribution in [2.75, 3.05) is 7.11 Å². The van der Waals surface area contributed by atoms with E-state index in [0.29, 0.717) is 12.1 Å². The number of hydrogen-bond acceptors (Lipinski definition) is 3. The minimum atomic E-state index is -0.453. The molecular weight excluding hydrogens is 376 g/mol. The predicted octanol–water partition coefficient (Wildman–Crippen LogP) is 5.01. The van der Waals surface area contributed by atoms with Gasteiger partial charge in [0.05, 0.1) is 31.0 Å². The van der Waals surface area contributed by atoms with Crippen LogP contribution < -0.4 is 10.5 Å². The lowest BCUT2D eigenvalue weighted by Gasteiger charge is -2.08. The summed E-state index contributed by atoms with van der Waals surface area (Å²) in [6.45, 7) is 0.537. The first kappa shape index (κ1) is 18.1. The van der Waals surface area contributed by atoms with Gasteiger partial charge in [0, 0.05) is 16.3 Å². The third-order valence-electron chi connectivity index (χ3n) is 5.38. The number of nitrogens with two attached hydrogens (primary N) is 1. The van der Waals surface area contributed by atoms with Crippen LogP contribution in [0.4, 0.5) is 0 Å². The van der Waals surface area contributed by atoms with E-state index in [0.717, 1.165) is 44.4 Å². The molecular formula is C25H19N2O3. The monoisotopic (exact) mass is 395 g/mol. The van der Waals surface area contributed by atoms with Gasteiger partial charge in [-0.05, 0) is 65.7 Å². The van der Waals surface area contributed by atoms with Gasteiger partial charge in [-0.15, -0.1) is 0 Å². The lowest BCUT2D eigenvalue weighted by Crippen LogP contribution is -2.11. The molecule has 3 aromatic carbocycles. The van der Waals surface area contributed by atoms with Crippen molar-refractivity contribution in [3.05, 3.63) is 90.4 Å². The summed E-state index contributed by atoms with van der Waals surface area (Å²) in [5, 5.41) is 1.68. The Bertz CT molecular complexity index is 1360. The van der Waals surface area contributed by atoms with E-state index in [4.69, 9.17) is 14.9 Å². The van der Waals surface area contributed by atoms with Crippen molar-refractivity contribution in [1.29, 1.82) is 0 Å². The minimum Gasteiger partial charge on any atom is -0.497 e. The van der Waals surface area contributed by atoms with Gasteiger partial charge in [0.25, 0.3) is 0 Å². The average Bonchev–Trinajstić information content (AvgIpc) is 3.40. The fourth-order valence-corrected chi connectivity index (χ4v) is 3.94. The number of carbonyl (C=O) groups is 1. The maximum Gasteiger partial charge on any atom is 0.249 e. The Morgan fingerprint density at radius 1 is 1.07 bits per heavy atom. The second-order valence-corrected chi connectivity index (χ2v) is 7.11. The number of primary amides is 1. The lowest BCUT2D eigenvalue weighted by atomic mass is 10.0. The molecule has 0 aliphatic heterocycles. The number of rotatable bonds is 5. The number of fused-ring (bicyclic) bond motifs is 3. The van der Waals surface area contributed by atoms with Crippen molar-refractivity contribution < 1.29 is 13.9 Å². The Hall–Kier alpha value is -3.99. The fraction of sp³-hybridized carbons (Fsp3) is 0.0800. The van der Waals surface area contributed by atoms with E-state index in [2.05, 4.69) is 16.7 Å². The number of carbonyl (C=O) groups excluding carboxylic acids is 1. The first-order chi connectivity index (χ1) is 14.7. The van der Waals surface area contributed by atoms with Gasteiger partial charge in [0.2, 0.25) is 5.91 Å². The summed E-state index contributed by atoms with van der Waals surface area (Å²) in [4.78, 5) is 12.1. The van der Waals surface area contributed by atoms with Crippen LogP contribution in [0.2, 0.25) is 0 Å². The summed E-state index contributed by atoms with van der Waals surface area (Å²) < 4.78 is 13.0. The highest BCUT2D eigenvalue weighted by Crippen LogP contribution is 2.35. The number of benzene rings is 3. The van der Waals surface area contributed by atoms with Crippen LogP contribution in [0.15, 0.2) is 77.4 Å². The third kappa shape index (κ3) is 2.92. The Labute approximate surface area is 173 Å². The average molecular weight is 395 g/mol. The molecule has 5 aromatic rings. The molecule has 5 heteroatoms. The van der Waals surface area contributed by atoms with E-state index >= 15 is 0 Å². The highest BCUT2D eigenvalue weighted by Gasteiger charge is 2.18. The van der Waals surface area contributed by atoms with Crippen molar-refractivity contribution in [2.24, 2.45) is 5.73 Å². The van der Waals surface area contributed by atoms with E-state index < -0.39 is 5.91 Å². The van der Waals surface area contributed by atoms with E-state index in [1.165, 1.54) is 0 Å². The van der Waals surface area contributed by atoms with Crippen LogP contribution in [-0.4, -0.2) is 17.6 Å². The second-order valence-electron chi connectivity index (χ2n) is 7.11. The maximum absolute atomic E-state index is 12.1. The highest BCUT2D eigenvalue weighted by molar-refractivity contribution is 6.18. The van der Waals surface area contributed by atoms with E-state index in [1.54, 1.807) is 19.4 Å². The van der Waals surface area contributed by atoms with Crippen LogP contribution in [0, 0.1) is 6.07 Å². The zero-order chi connectivity index (χ0) is 20.7. The summed E-state index contributed by atoms with van der Waals surface area (Å²) in [5.74, 6) is 1.18. The molecule has 0 aliphatic carbocycles. The molecule has 2 aromatic heterocycles. The number of methoxy groups -OCH3 is 1. The molecule has 5 rings (SSSR count). The van der Waals surface area contributed by atoms with Gasteiger partial charge in [0.1, 0.15) is 11.5 Å². The topological polar surface area (TPSA) is 70.4 Å². The largest absolute Gasteiger partial charge is 0.497 e. The predicted molar refractivity (Wildman–Crippen MR) is 117 cm³/mol. The van der Waals surface area contributed by atoms with E-state index in [9.17, 15) is 4.79 Å². The molecule has 0 aliphatic rings. The maximum atomic E-state index is 12.1. The minimum absolute atomic E-state index is 0.453. The van der Waals surface area contributed by atoms with Gasteiger partial charge >= 0.3 is 0 Å². The molecule has 1 radical (unpaired) electrons. The van der Waals surface area contributed by atoms with Crippen molar-refractivity contribution >= 4 is 27.7 Å². The second kappa shape index (κ2) is 7.12. The normalized spacial score (nSPS) is 11.2. The summed E-state index contributed by atoms with van der Waals surface area (Å²) in [7, 11) is 1.65. The number of amides is 1. The van der Waals surface area contributed by atoms with Crippen molar-refractivity contribution in [3.8, 4) is 16.9 Å². The molecule has 0 saturated carbocycles. The van der Waals surface area contributed by atoms with Gasteiger partial charge in [-0.1, -0.05) is 18.2 Å². The van der Waals surface area contributed by atoms with Crippen LogP contribution in [0.25, 0.3) is 32.9 Å². The smallest absolute Gasteiger partial charge is 0.249 e. The molecule has 1 amide bonds. The van der Waals surface area contributed by atoms with Gasteiger partial charge < -0.3 is 19.5 Å². The number of ether oxygens (including phenoxy) is 1. The quantitative estimate of drug-likeness (QED) is 0.455. The first-order valence-corrected chi connectivity index (χ1v) is 9.59. The number of hydrogen-bond donors (Lipinski definition) is 1. The van der Waals surface area contributed by atoms with Crippen molar-refractivity contribution in [1.82, 2.24) is 4.57 Å². The molecule has 2 N–H and O–H groups in total. The molecule has 0 fully saturated rings. The zero-order valence-corrected chi connectivity index (χ0v) is 16.4. The highest BCUT2D eigenvalue weighted by atomic mass is 16.5. The van der Waals surface area contributed by atoms with Crippen LogP contribution in [0.3, 0.4) is 0 Å². The Morgan fingerprint density at radius 2 is 1.90 bits per heavy atom. The molecule has 0 saturated heterocycles. The van der Waals surface area contributed by atoms with Crippen molar-refractivity contribution in [2.45, 2.75) is 6.54 Å². The van der Waals surface area contributed by atoms with E-state index in [-0.39, 0.29) is 0 Å². The molecule has 30 heavy (non-hydrogen) atoms. The summed E-state index contributed by atoms with van der Waals surface area (Å²) in [6.07, 6.45) is 1.66. The third-order valence-corrected chi connectivity index (χ3v) is 5.38. The van der Waals surface area contributed by atoms with E-state index in [1.807, 2.05) is 54.6 Å². The molecule has 2 heterocycles. The Kier molecular flexibility index (Phi) is 4.29. The first-order valence-electron chi connectivity index (χ1n) is 9.59. The van der Waals surface area contributed by atoms with Gasteiger partial charge in [-0.2, -0.15) is 0 Å². The fourth-order valence-electron chi connectivity index (χ4n) is 3.94. The number of aromatic nitrogens is 1. The molecule has 0 bridgehead atoms. The van der Waals surface area contributed by atoms with Crippen LogP contribution >= 0.6 is 0 Å². The number of furan rings is 1. The van der Waals surface area contributed by atoms with Crippen LogP contribution in [0.1, 0.15) is 16.1 Å². The summed E-state index contributed by atoms with van der Waals surface area (Å²) in [6, 6.07) is 24.8. The Balaban J connectivity index is 1.77. The summed E-state index contributed by atoms with van der Waals surface area (Å²) >= 11 is 0. The molecule has 0 atom stereocenters. The SMILES string of the molecule is COc1ccc(-c2c[c]c3c4c(C(N)=O)cccc4n(Cc4ccco4)c3c2)cc1. The van der Waals surface area contributed by atoms with Crippen LogP contribution in [-0.2, 0) is 6.54 Å². The zero-order valence-electron chi connectivity index (χ0n) is 16.4. The van der Waals surface area contributed by atoms with Crippen LogP contribution in [0.5, 0.6) is 5.75 Å². The van der Waals surface area contributed by atoms with Gasteiger partial charge in [0.15, 0.2) is 0 Å². The summed E-state index contributed by atoms with van der Waals surface area (Å²) in [5.41, 5.74) is 10.1. The van der Waals surface area contributed by atoms with Gasteiger partial charge in [-0.3, -0.25) is 4.79 Å². The standard InChI is InChI=1S/C25H19N2O3/c1-29-18-10-7-16(8-11-18)17-9-12-20-23(14-17)27(15-19-4-3-13-30-19)22-6-2-5-21(24(20)22)25(26)28/h2-11,13-14H,15H2,1H3,(H2,26,28). The molecule has 5 nitrogen and oxygen atoms in total. The molecule has 0 unspecified atom stereocenters. The number of nitrogens with zero attached hydrogens (tertiary/aromatic N) is 1. The Morgan fingerprint density at radius 3 is 2.60 bits per heavy atom. The van der Waals surface area contributed by atoms with Crippen molar-refractivity contribution in [3.63, 3.8) is 0 Å². The molecule has 147 valence electrons. The lowest BCUT2D eigenvalue weighted by molar-refractivity contribution is 0.100.